The van der Waals surface area contributed by atoms with Crippen molar-refractivity contribution in [2.75, 3.05) is 0 Å². The quantitative estimate of drug-likeness (QED) is 0.361. The minimum atomic E-state index is -0.167. The highest BCUT2D eigenvalue weighted by atomic mass is 16.5. The Hall–Kier alpha value is -0.970. The average Bonchev–Trinajstić information content (AvgIpc) is 2.67. The zero-order chi connectivity index (χ0) is 8.97. The van der Waals surface area contributed by atoms with Gasteiger partial charge in [-0.15, -0.1) is 12.3 Å². The molecule has 0 aromatic heterocycles. The molecular formula is C10H14O2. The Kier molecular flexibility index (Phi) is 3.16. The summed E-state index contributed by atoms with van der Waals surface area (Å²) in [4.78, 5) is 10.5. The second kappa shape index (κ2) is 4.15. The lowest BCUT2D eigenvalue weighted by molar-refractivity contribution is -0.142. The van der Waals surface area contributed by atoms with E-state index in [1.54, 1.807) is 0 Å². The molecule has 1 saturated carbocycles. The van der Waals surface area contributed by atoms with E-state index in [0.717, 1.165) is 25.7 Å². The first-order valence-electron chi connectivity index (χ1n) is 4.34. The SMILES string of the molecule is C#CCCC[C@H]1C[C@@H]1OC(C)=O. The Morgan fingerprint density at radius 3 is 3.08 bits per heavy atom. The van der Waals surface area contributed by atoms with Gasteiger partial charge in [-0.05, 0) is 25.2 Å². The molecule has 0 aromatic carbocycles. The molecule has 0 unspecified atom stereocenters. The zero-order valence-electron chi connectivity index (χ0n) is 7.38. The van der Waals surface area contributed by atoms with Gasteiger partial charge in [-0.3, -0.25) is 4.79 Å². The van der Waals surface area contributed by atoms with E-state index in [1.807, 2.05) is 0 Å². The maximum Gasteiger partial charge on any atom is 0.302 e. The van der Waals surface area contributed by atoms with Gasteiger partial charge in [0.05, 0.1) is 0 Å². The molecule has 0 radical (unpaired) electrons. The molecule has 12 heavy (non-hydrogen) atoms. The van der Waals surface area contributed by atoms with Gasteiger partial charge < -0.3 is 4.74 Å². The number of terminal acetylenes is 1. The number of rotatable bonds is 4. The van der Waals surface area contributed by atoms with Crippen LogP contribution >= 0.6 is 0 Å². The number of carbonyl (C=O) groups excluding carboxylic acids is 1. The summed E-state index contributed by atoms with van der Waals surface area (Å²) in [7, 11) is 0. The number of carbonyl (C=O) groups is 1. The monoisotopic (exact) mass is 166 g/mol. The molecule has 1 aliphatic rings. The Labute approximate surface area is 73.3 Å². The molecule has 1 aliphatic carbocycles. The van der Waals surface area contributed by atoms with E-state index >= 15 is 0 Å². The van der Waals surface area contributed by atoms with Crippen molar-refractivity contribution in [2.24, 2.45) is 5.92 Å². The van der Waals surface area contributed by atoms with Crippen LogP contribution in [0.25, 0.3) is 0 Å². The smallest absolute Gasteiger partial charge is 0.302 e. The fourth-order valence-electron chi connectivity index (χ4n) is 1.35. The van der Waals surface area contributed by atoms with Gasteiger partial charge in [0, 0.05) is 13.3 Å². The van der Waals surface area contributed by atoms with Crippen molar-refractivity contribution in [3.8, 4) is 12.3 Å². The predicted octanol–water partition coefficient (Wildman–Crippen LogP) is 1.74. The number of unbranched alkanes of at least 4 members (excludes halogenated alkanes) is 1. The van der Waals surface area contributed by atoms with Crippen molar-refractivity contribution >= 4 is 5.97 Å². The Morgan fingerprint density at radius 1 is 1.75 bits per heavy atom. The molecule has 0 saturated heterocycles. The van der Waals surface area contributed by atoms with E-state index in [9.17, 15) is 4.79 Å². The highest BCUT2D eigenvalue weighted by molar-refractivity contribution is 5.66. The van der Waals surface area contributed by atoms with Crippen LogP contribution in [-0.4, -0.2) is 12.1 Å². The second-order valence-electron chi connectivity index (χ2n) is 3.24. The van der Waals surface area contributed by atoms with Crippen molar-refractivity contribution < 1.29 is 9.53 Å². The maximum atomic E-state index is 10.5. The molecule has 0 aromatic rings. The lowest BCUT2D eigenvalue weighted by atomic mass is 10.2. The third kappa shape index (κ3) is 2.96. The van der Waals surface area contributed by atoms with E-state index < -0.39 is 0 Å². The van der Waals surface area contributed by atoms with Gasteiger partial charge in [0.15, 0.2) is 0 Å². The van der Waals surface area contributed by atoms with Crippen LogP contribution in [0.4, 0.5) is 0 Å². The van der Waals surface area contributed by atoms with E-state index in [4.69, 9.17) is 11.2 Å². The first kappa shape index (κ1) is 9.12. The molecule has 0 heterocycles. The average molecular weight is 166 g/mol. The zero-order valence-corrected chi connectivity index (χ0v) is 7.38. The molecule has 2 heteroatoms. The summed E-state index contributed by atoms with van der Waals surface area (Å²) in [5.74, 6) is 3.02. The number of hydrogen-bond acceptors (Lipinski definition) is 2. The van der Waals surface area contributed by atoms with Crippen molar-refractivity contribution in [1.82, 2.24) is 0 Å². The predicted molar refractivity (Wildman–Crippen MR) is 46.3 cm³/mol. The van der Waals surface area contributed by atoms with Crippen molar-refractivity contribution in [1.29, 1.82) is 0 Å². The van der Waals surface area contributed by atoms with Crippen LogP contribution in [0.5, 0.6) is 0 Å². The highest BCUT2D eigenvalue weighted by Crippen LogP contribution is 2.37. The third-order valence-electron chi connectivity index (χ3n) is 2.07. The lowest BCUT2D eigenvalue weighted by Gasteiger charge is -1.98. The van der Waals surface area contributed by atoms with Crippen LogP contribution in [-0.2, 0) is 9.53 Å². The van der Waals surface area contributed by atoms with Crippen LogP contribution in [0.15, 0.2) is 0 Å². The second-order valence-corrected chi connectivity index (χ2v) is 3.24. The van der Waals surface area contributed by atoms with E-state index in [1.165, 1.54) is 6.92 Å². The highest BCUT2D eigenvalue weighted by Gasteiger charge is 2.39. The molecule has 0 amide bonds. The Bertz CT molecular complexity index is 202. The standard InChI is InChI=1S/C10H14O2/c1-3-4-5-6-9-7-10(9)12-8(2)11/h1,9-10H,4-7H2,2H3/t9-,10-/m0/s1. The number of esters is 1. The Morgan fingerprint density at radius 2 is 2.50 bits per heavy atom. The van der Waals surface area contributed by atoms with Crippen molar-refractivity contribution in [3.63, 3.8) is 0 Å². The molecule has 1 fully saturated rings. The van der Waals surface area contributed by atoms with Crippen LogP contribution < -0.4 is 0 Å². The molecule has 2 atom stereocenters. The summed E-state index contributed by atoms with van der Waals surface area (Å²) in [6.45, 7) is 1.46. The van der Waals surface area contributed by atoms with Gasteiger partial charge >= 0.3 is 5.97 Å². The normalized spacial score (nSPS) is 26.0. The fraction of sp³-hybridized carbons (Fsp3) is 0.700. The number of hydrogen-bond donors (Lipinski definition) is 0. The third-order valence-corrected chi connectivity index (χ3v) is 2.07. The minimum Gasteiger partial charge on any atom is -0.462 e. The summed E-state index contributed by atoms with van der Waals surface area (Å²) in [6.07, 6.45) is 9.33. The molecular weight excluding hydrogens is 152 g/mol. The van der Waals surface area contributed by atoms with Gasteiger partial charge in [0.1, 0.15) is 6.10 Å². The van der Waals surface area contributed by atoms with Crippen LogP contribution in [0.3, 0.4) is 0 Å². The Balaban J connectivity index is 2.01. The summed E-state index contributed by atoms with van der Waals surface area (Å²) in [5.41, 5.74) is 0. The molecule has 2 nitrogen and oxygen atoms in total. The molecule has 1 rings (SSSR count). The summed E-state index contributed by atoms with van der Waals surface area (Å²) in [5, 5.41) is 0. The van der Waals surface area contributed by atoms with Crippen molar-refractivity contribution in [2.45, 2.75) is 38.7 Å². The maximum absolute atomic E-state index is 10.5. The molecule has 66 valence electrons. The molecule has 0 aliphatic heterocycles. The topological polar surface area (TPSA) is 26.3 Å². The van der Waals surface area contributed by atoms with E-state index in [0.29, 0.717) is 5.92 Å². The van der Waals surface area contributed by atoms with Crippen LogP contribution in [0, 0.1) is 18.3 Å². The molecule has 0 bridgehead atoms. The largest absolute Gasteiger partial charge is 0.462 e. The van der Waals surface area contributed by atoms with Crippen LogP contribution in [0.1, 0.15) is 32.6 Å². The summed E-state index contributed by atoms with van der Waals surface area (Å²) >= 11 is 0. The van der Waals surface area contributed by atoms with E-state index in [-0.39, 0.29) is 12.1 Å². The van der Waals surface area contributed by atoms with Gasteiger partial charge in [-0.1, -0.05) is 0 Å². The minimum absolute atomic E-state index is 0.167. The van der Waals surface area contributed by atoms with Crippen LogP contribution in [0.2, 0.25) is 0 Å². The molecule has 0 spiro atoms. The van der Waals surface area contributed by atoms with E-state index in [2.05, 4.69) is 5.92 Å². The molecule has 0 N–H and O–H groups in total. The summed E-state index contributed by atoms with van der Waals surface area (Å²) in [6, 6.07) is 0. The van der Waals surface area contributed by atoms with Gasteiger partial charge in [0.2, 0.25) is 0 Å². The first-order chi connectivity index (χ1) is 5.74. The lowest BCUT2D eigenvalue weighted by Crippen LogP contribution is -2.02. The van der Waals surface area contributed by atoms with Gasteiger partial charge in [0.25, 0.3) is 0 Å². The van der Waals surface area contributed by atoms with Crippen molar-refractivity contribution in [3.05, 3.63) is 0 Å². The fourth-order valence-corrected chi connectivity index (χ4v) is 1.35. The van der Waals surface area contributed by atoms with Gasteiger partial charge in [-0.2, -0.15) is 0 Å². The summed E-state index contributed by atoms with van der Waals surface area (Å²) < 4.78 is 5.01. The van der Waals surface area contributed by atoms with Gasteiger partial charge in [-0.25, -0.2) is 0 Å². The first-order valence-corrected chi connectivity index (χ1v) is 4.34. The number of ether oxygens (including phenoxy) is 1.